The van der Waals surface area contributed by atoms with Crippen LogP contribution < -0.4 is 5.32 Å². The Morgan fingerprint density at radius 2 is 1.81 bits per heavy atom. The van der Waals surface area contributed by atoms with Crippen LogP contribution in [-0.4, -0.2) is 6.04 Å². The zero-order valence-corrected chi connectivity index (χ0v) is 13.1. The van der Waals surface area contributed by atoms with Crippen LogP contribution in [-0.2, 0) is 6.54 Å². The average Bonchev–Trinajstić information content (AvgIpc) is 2.42. The Balaban J connectivity index is 2.41. The Hall–Kier alpha value is -1.45. The second-order valence-electron chi connectivity index (χ2n) is 5.42. The van der Waals surface area contributed by atoms with Crippen molar-refractivity contribution in [2.75, 3.05) is 0 Å². The van der Waals surface area contributed by atoms with Gasteiger partial charge in [-0.2, -0.15) is 0 Å². The highest BCUT2D eigenvalue weighted by molar-refractivity contribution is 6.31. The van der Waals surface area contributed by atoms with Crippen LogP contribution >= 0.6 is 11.6 Å². The second-order valence-corrected chi connectivity index (χ2v) is 5.83. The van der Waals surface area contributed by atoms with E-state index in [1.165, 1.54) is 6.07 Å². The molecule has 2 aromatic carbocycles. The molecular formula is C17H18ClF2N. The molecule has 2 rings (SSSR count). The minimum Gasteiger partial charge on any atom is -0.310 e. The van der Waals surface area contributed by atoms with Crippen LogP contribution in [0.2, 0.25) is 5.02 Å². The van der Waals surface area contributed by atoms with Crippen molar-refractivity contribution in [2.24, 2.45) is 0 Å². The van der Waals surface area contributed by atoms with Gasteiger partial charge >= 0.3 is 0 Å². The molecule has 0 radical (unpaired) electrons. The van der Waals surface area contributed by atoms with Gasteiger partial charge in [0.1, 0.15) is 11.6 Å². The summed E-state index contributed by atoms with van der Waals surface area (Å²) >= 11 is 6.17. The van der Waals surface area contributed by atoms with Gasteiger partial charge in [0, 0.05) is 29.2 Å². The van der Waals surface area contributed by atoms with Gasteiger partial charge in [0.15, 0.2) is 0 Å². The molecule has 0 aliphatic heterocycles. The normalized spacial score (nSPS) is 11.2. The lowest BCUT2D eigenvalue weighted by Gasteiger charge is -2.12. The Kier molecular flexibility index (Phi) is 4.96. The zero-order valence-electron chi connectivity index (χ0n) is 12.3. The molecule has 0 amide bonds. The third kappa shape index (κ3) is 3.80. The van der Waals surface area contributed by atoms with Gasteiger partial charge in [0.05, 0.1) is 0 Å². The number of benzene rings is 2. The SMILES string of the molecule is Cc1cc(-c2ccc(Cl)c(CNC(C)C)c2)c(F)cc1F. The highest BCUT2D eigenvalue weighted by Crippen LogP contribution is 2.29. The summed E-state index contributed by atoms with van der Waals surface area (Å²) in [6.45, 7) is 6.31. The number of hydrogen-bond acceptors (Lipinski definition) is 1. The van der Waals surface area contributed by atoms with E-state index in [1.54, 1.807) is 19.1 Å². The molecule has 112 valence electrons. The van der Waals surface area contributed by atoms with Crippen LogP contribution in [0.25, 0.3) is 11.1 Å². The maximum Gasteiger partial charge on any atom is 0.133 e. The van der Waals surface area contributed by atoms with Crippen LogP contribution in [0.5, 0.6) is 0 Å². The van der Waals surface area contributed by atoms with E-state index in [9.17, 15) is 8.78 Å². The summed E-state index contributed by atoms with van der Waals surface area (Å²) in [6.07, 6.45) is 0. The predicted molar refractivity (Wildman–Crippen MR) is 83.5 cm³/mol. The first kappa shape index (κ1) is 15.9. The lowest BCUT2D eigenvalue weighted by atomic mass is 10.0. The molecule has 0 spiro atoms. The number of rotatable bonds is 4. The third-order valence-electron chi connectivity index (χ3n) is 3.31. The first-order chi connectivity index (χ1) is 9.88. The maximum absolute atomic E-state index is 14.0. The van der Waals surface area contributed by atoms with Crippen LogP contribution in [0, 0.1) is 18.6 Å². The van der Waals surface area contributed by atoms with E-state index in [1.807, 2.05) is 19.9 Å². The fourth-order valence-corrected chi connectivity index (χ4v) is 2.25. The molecule has 0 saturated heterocycles. The van der Waals surface area contributed by atoms with Crippen molar-refractivity contribution in [1.82, 2.24) is 5.32 Å². The topological polar surface area (TPSA) is 12.0 Å². The van der Waals surface area contributed by atoms with Crippen molar-refractivity contribution < 1.29 is 8.78 Å². The standard InChI is InChI=1S/C17H18ClF2N/c1-10(2)21-9-13-7-12(4-5-15(13)18)14-6-11(3)16(19)8-17(14)20/h4-8,10,21H,9H2,1-3H3. The maximum atomic E-state index is 14.0. The average molecular weight is 310 g/mol. The van der Waals surface area contributed by atoms with Crippen molar-refractivity contribution in [3.05, 3.63) is 58.1 Å². The predicted octanol–water partition coefficient (Wildman–Crippen LogP) is 5.09. The highest BCUT2D eigenvalue weighted by Gasteiger charge is 2.11. The summed E-state index contributed by atoms with van der Waals surface area (Å²) in [4.78, 5) is 0. The summed E-state index contributed by atoms with van der Waals surface area (Å²) < 4.78 is 27.3. The number of nitrogens with one attached hydrogen (secondary N) is 1. The molecule has 0 saturated carbocycles. The van der Waals surface area contributed by atoms with Crippen LogP contribution in [0.3, 0.4) is 0 Å². The van der Waals surface area contributed by atoms with Crippen LogP contribution in [0.1, 0.15) is 25.0 Å². The second kappa shape index (κ2) is 6.54. The van der Waals surface area contributed by atoms with Gasteiger partial charge in [0.2, 0.25) is 0 Å². The van der Waals surface area contributed by atoms with Gasteiger partial charge in [0.25, 0.3) is 0 Å². The summed E-state index contributed by atoms with van der Waals surface area (Å²) in [5, 5.41) is 3.91. The molecule has 1 nitrogen and oxygen atoms in total. The molecule has 0 fully saturated rings. The lowest BCUT2D eigenvalue weighted by molar-refractivity contribution is 0.579. The Bertz CT molecular complexity index is 653. The van der Waals surface area contributed by atoms with E-state index in [4.69, 9.17) is 11.6 Å². The first-order valence-corrected chi connectivity index (χ1v) is 7.24. The third-order valence-corrected chi connectivity index (χ3v) is 3.67. The summed E-state index contributed by atoms with van der Waals surface area (Å²) in [6, 6.07) is 8.10. The molecule has 4 heteroatoms. The van der Waals surface area contributed by atoms with Gasteiger partial charge in [-0.3, -0.25) is 0 Å². The first-order valence-electron chi connectivity index (χ1n) is 6.86. The smallest absolute Gasteiger partial charge is 0.133 e. The van der Waals surface area contributed by atoms with Gasteiger partial charge < -0.3 is 5.32 Å². The van der Waals surface area contributed by atoms with E-state index >= 15 is 0 Å². The highest BCUT2D eigenvalue weighted by atomic mass is 35.5. The number of hydrogen-bond donors (Lipinski definition) is 1. The summed E-state index contributed by atoms with van der Waals surface area (Å²) in [5.41, 5.74) is 2.39. The molecule has 0 aliphatic carbocycles. The fourth-order valence-electron chi connectivity index (χ4n) is 2.07. The number of aryl methyl sites for hydroxylation is 1. The van der Waals surface area contributed by atoms with E-state index in [-0.39, 0.29) is 0 Å². The number of halogens is 3. The molecule has 0 heterocycles. The Morgan fingerprint density at radius 3 is 2.48 bits per heavy atom. The summed E-state index contributed by atoms with van der Waals surface area (Å²) in [5.74, 6) is -1.10. The molecule has 1 N–H and O–H groups in total. The molecule has 2 aromatic rings. The molecule has 0 atom stereocenters. The molecule has 0 aromatic heterocycles. The largest absolute Gasteiger partial charge is 0.310 e. The molecule has 0 unspecified atom stereocenters. The Labute approximate surface area is 128 Å². The van der Waals surface area contributed by atoms with Gasteiger partial charge in [-0.15, -0.1) is 0 Å². The fraction of sp³-hybridized carbons (Fsp3) is 0.294. The minimum absolute atomic E-state index is 0.328. The van der Waals surface area contributed by atoms with Gasteiger partial charge in [-0.05, 0) is 41.8 Å². The monoisotopic (exact) mass is 309 g/mol. The van der Waals surface area contributed by atoms with Crippen LogP contribution in [0.4, 0.5) is 8.78 Å². The quantitative estimate of drug-likeness (QED) is 0.829. The Morgan fingerprint density at radius 1 is 1.10 bits per heavy atom. The molecule has 0 aliphatic rings. The molecular weight excluding hydrogens is 292 g/mol. The van der Waals surface area contributed by atoms with Crippen molar-refractivity contribution in [1.29, 1.82) is 0 Å². The summed E-state index contributed by atoms with van der Waals surface area (Å²) in [7, 11) is 0. The van der Waals surface area contributed by atoms with Crippen molar-refractivity contribution in [3.8, 4) is 11.1 Å². The van der Waals surface area contributed by atoms with Gasteiger partial charge in [-0.1, -0.05) is 31.5 Å². The zero-order chi connectivity index (χ0) is 15.6. The van der Waals surface area contributed by atoms with Gasteiger partial charge in [-0.25, -0.2) is 8.78 Å². The molecule has 21 heavy (non-hydrogen) atoms. The van der Waals surface area contributed by atoms with Crippen molar-refractivity contribution in [3.63, 3.8) is 0 Å². The van der Waals surface area contributed by atoms with Crippen molar-refractivity contribution >= 4 is 11.6 Å². The van der Waals surface area contributed by atoms with Crippen molar-refractivity contribution in [2.45, 2.75) is 33.4 Å². The lowest BCUT2D eigenvalue weighted by Crippen LogP contribution is -2.22. The van der Waals surface area contributed by atoms with E-state index in [0.717, 1.165) is 11.6 Å². The molecule has 0 bridgehead atoms. The minimum atomic E-state index is -0.566. The van der Waals surface area contributed by atoms with E-state index in [0.29, 0.717) is 34.3 Å². The van der Waals surface area contributed by atoms with E-state index < -0.39 is 11.6 Å². The van der Waals surface area contributed by atoms with Crippen LogP contribution in [0.15, 0.2) is 30.3 Å². The van der Waals surface area contributed by atoms with E-state index in [2.05, 4.69) is 5.32 Å².